The first-order valence-corrected chi connectivity index (χ1v) is 10.2. The van der Waals surface area contributed by atoms with E-state index < -0.39 is 6.10 Å². The summed E-state index contributed by atoms with van der Waals surface area (Å²) in [7, 11) is 0. The lowest BCUT2D eigenvalue weighted by molar-refractivity contribution is -0.0132. The summed E-state index contributed by atoms with van der Waals surface area (Å²) in [5.41, 5.74) is 3.51. The summed E-state index contributed by atoms with van der Waals surface area (Å²) in [5, 5.41) is 14.7. The molecular formula is C22H32N2O3. The van der Waals surface area contributed by atoms with Crippen molar-refractivity contribution >= 4 is 11.8 Å². The zero-order valence-corrected chi connectivity index (χ0v) is 16.2. The number of morpholine rings is 1. The van der Waals surface area contributed by atoms with Crippen LogP contribution in [0, 0.1) is 0 Å². The molecule has 0 radical (unpaired) electrons. The maximum absolute atomic E-state index is 10.2. The largest absolute Gasteiger partial charge is 0.393 e. The summed E-state index contributed by atoms with van der Waals surface area (Å²) < 4.78 is 5.34. The van der Waals surface area contributed by atoms with E-state index in [2.05, 4.69) is 40.4 Å². The van der Waals surface area contributed by atoms with E-state index in [1.807, 2.05) is 6.07 Å². The fourth-order valence-electron chi connectivity index (χ4n) is 3.61. The lowest BCUT2D eigenvalue weighted by Crippen LogP contribution is -2.42. The highest BCUT2D eigenvalue weighted by atomic mass is 16.6. The third-order valence-corrected chi connectivity index (χ3v) is 5.14. The lowest BCUT2D eigenvalue weighted by Gasteiger charge is -2.28. The summed E-state index contributed by atoms with van der Waals surface area (Å²) in [4.78, 5) is 7.79. The van der Waals surface area contributed by atoms with Gasteiger partial charge < -0.3 is 14.7 Å². The molecule has 1 saturated carbocycles. The molecule has 1 heterocycles. The van der Waals surface area contributed by atoms with Crippen molar-refractivity contribution in [1.29, 1.82) is 0 Å². The molecule has 1 aliphatic heterocycles. The number of oxime groups is 1. The van der Waals surface area contributed by atoms with Crippen molar-refractivity contribution in [1.82, 2.24) is 4.90 Å². The summed E-state index contributed by atoms with van der Waals surface area (Å²) in [6.07, 6.45) is 8.55. The molecule has 0 bridgehead atoms. The van der Waals surface area contributed by atoms with Crippen LogP contribution in [0.1, 0.15) is 44.1 Å². The quantitative estimate of drug-likeness (QED) is 0.777. The van der Waals surface area contributed by atoms with E-state index in [-0.39, 0.29) is 6.61 Å². The minimum absolute atomic E-state index is 0.236. The average Bonchev–Trinajstić information content (AvgIpc) is 2.68. The van der Waals surface area contributed by atoms with Crippen molar-refractivity contribution in [2.24, 2.45) is 5.16 Å². The second-order valence-corrected chi connectivity index (χ2v) is 7.40. The molecule has 0 unspecified atom stereocenters. The Hall–Kier alpha value is -1.69. The molecule has 27 heavy (non-hydrogen) atoms. The number of hydrogen-bond donors (Lipinski definition) is 1. The van der Waals surface area contributed by atoms with Crippen LogP contribution in [0.3, 0.4) is 0 Å². The van der Waals surface area contributed by atoms with Crippen LogP contribution in [0.5, 0.6) is 0 Å². The molecule has 0 amide bonds. The monoisotopic (exact) mass is 372 g/mol. The average molecular weight is 373 g/mol. The van der Waals surface area contributed by atoms with Gasteiger partial charge in [-0.25, -0.2) is 0 Å². The summed E-state index contributed by atoms with van der Waals surface area (Å²) in [6.45, 7) is 4.07. The number of allylic oxidation sites excluding steroid dienone is 1. The maximum atomic E-state index is 10.2. The number of hydrogen-bond acceptors (Lipinski definition) is 5. The minimum Gasteiger partial charge on any atom is -0.393 e. The van der Waals surface area contributed by atoms with Gasteiger partial charge in [-0.15, -0.1) is 0 Å². The Labute approximate surface area is 162 Å². The van der Waals surface area contributed by atoms with Crippen LogP contribution in [-0.2, 0) is 9.57 Å². The van der Waals surface area contributed by atoms with Crippen molar-refractivity contribution in [2.45, 2.75) is 44.6 Å². The van der Waals surface area contributed by atoms with Crippen molar-refractivity contribution in [3.8, 4) is 0 Å². The molecule has 148 valence electrons. The Morgan fingerprint density at radius 2 is 1.81 bits per heavy atom. The molecule has 1 aliphatic carbocycles. The number of rotatable bonds is 6. The fourth-order valence-corrected chi connectivity index (χ4v) is 3.61. The van der Waals surface area contributed by atoms with Crippen LogP contribution in [0.25, 0.3) is 6.08 Å². The smallest absolute Gasteiger partial charge is 0.144 e. The summed E-state index contributed by atoms with van der Waals surface area (Å²) in [5.74, 6) is 0. The first-order valence-electron chi connectivity index (χ1n) is 10.2. The second-order valence-electron chi connectivity index (χ2n) is 7.40. The van der Waals surface area contributed by atoms with E-state index in [4.69, 9.17) is 9.57 Å². The first kappa shape index (κ1) is 20.1. The lowest BCUT2D eigenvalue weighted by atomic mass is 9.93. The topological polar surface area (TPSA) is 54.3 Å². The summed E-state index contributed by atoms with van der Waals surface area (Å²) >= 11 is 0. The van der Waals surface area contributed by atoms with E-state index >= 15 is 0 Å². The third kappa shape index (κ3) is 7.09. The Kier molecular flexibility index (Phi) is 8.33. The molecule has 2 fully saturated rings. The van der Waals surface area contributed by atoms with Gasteiger partial charge >= 0.3 is 0 Å². The predicted molar refractivity (Wildman–Crippen MR) is 109 cm³/mol. The van der Waals surface area contributed by atoms with Crippen LogP contribution in [-0.4, -0.2) is 61.3 Å². The molecule has 1 atom stereocenters. The van der Waals surface area contributed by atoms with Crippen LogP contribution in [0.15, 0.2) is 41.1 Å². The minimum atomic E-state index is -0.525. The van der Waals surface area contributed by atoms with Gasteiger partial charge in [0.25, 0.3) is 0 Å². The van der Waals surface area contributed by atoms with Crippen LogP contribution in [0.4, 0.5) is 0 Å². The van der Waals surface area contributed by atoms with Crippen LogP contribution >= 0.6 is 0 Å². The highest BCUT2D eigenvalue weighted by molar-refractivity contribution is 6.03. The molecule has 5 nitrogen and oxygen atoms in total. The van der Waals surface area contributed by atoms with Crippen LogP contribution in [0.2, 0.25) is 0 Å². The van der Waals surface area contributed by atoms with Crippen molar-refractivity contribution < 1.29 is 14.7 Å². The van der Waals surface area contributed by atoms with Gasteiger partial charge in [0.2, 0.25) is 0 Å². The maximum Gasteiger partial charge on any atom is 0.144 e. The number of aliphatic hydroxyl groups excluding tert-OH is 1. The van der Waals surface area contributed by atoms with Crippen molar-refractivity contribution in [3.05, 3.63) is 41.5 Å². The van der Waals surface area contributed by atoms with Gasteiger partial charge in [-0.05, 0) is 42.9 Å². The number of nitrogens with zero attached hydrogens (tertiary/aromatic N) is 2. The molecule has 3 rings (SSSR count). The number of ether oxygens (including phenoxy) is 1. The van der Waals surface area contributed by atoms with Gasteiger partial charge in [0.15, 0.2) is 0 Å². The molecule has 0 spiro atoms. The van der Waals surface area contributed by atoms with Gasteiger partial charge in [-0.3, -0.25) is 4.90 Å². The standard InChI is InChI=1S/C22H32N2O3/c25-21(17-24-12-14-26-15-13-24)18-27-23-22-11-7-2-1-6-10-20(22)16-19-8-4-3-5-9-19/h3-5,8-9,16,21,25H,1-2,6-7,10-15,17-18H2/b20-16+,23-22+/t21-/m0/s1. The molecule has 1 aromatic carbocycles. The Bertz CT molecular complexity index is 609. The number of aliphatic hydroxyl groups is 1. The van der Waals surface area contributed by atoms with E-state index in [9.17, 15) is 5.11 Å². The zero-order chi connectivity index (χ0) is 18.7. The van der Waals surface area contributed by atoms with E-state index in [1.165, 1.54) is 30.4 Å². The highest BCUT2D eigenvalue weighted by Crippen LogP contribution is 2.22. The molecule has 0 aromatic heterocycles. The number of β-amino-alcohol motifs (C(OH)–C–C–N with tert-alkyl or cyclic N) is 1. The third-order valence-electron chi connectivity index (χ3n) is 5.14. The number of benzene rings is 1. The zero-order valence-electron chi connectivity index (χ0n) is 16.2. The Morgan fingerprint density at radius 3 is 2.59 bits per heavy atom. The summed E-state index contributed by atoms with van der Waals surface area (Å²) in [6, 6.07) is 10.4. The van der Waals surface area contributed by atoms with Crippen LogP contribution < -0.4 is 0 Å². The molecule has 2 aliphatic rings. The van der Waals surface area contributed by atoms with Gasteiger partial charge in [-0.2, -0.15) is 0 Å². The van der Waals surface area contributed by atoms with E-state index in [0.717, 1.165) is 51.3 Å². The van der Waals surface area contributed by atoms with Crippen molar-refractivity contribution in [3.63, 3.8) is 0 Å². The van der Waals surface area contributed by atoms with Gasteiger partial charge in [0.1, 0.15) is 12.7 Å². The molecule has 1 aromatic rings. The first-order chi connectivity index (χ1) is 13.3. The SMILES string of the molecule is O[C@H](CO/N=C1\CCCCCC\C1=C/c1ccccc1)CN1CCOCC1. The Balaban J connectivity index is 1.58. The Morgan fingerprint density at radius 1 is 1.07 bits per heavy atom. The van der Waals surface area contributed by atoms with Gasteiger partial charge in [0.05, 0.1) is 18.9 Å². The van der Waals surface area contributed by atoms with Gasteiger partial charge in [0, 0.05) is 19.6 Å². The molecule has 1 N–H and O–H groups in total. The highest BCUT2D eigenvalue weighted by Gasteiger charge is 2.16. The second kappa shape index (κ2) is 11.2. The molecule has 5 heteroatoms. The van der Waals surface area contributed by atoms with Crippen molar-refractivity contribution in [2.75, 3.05) is 39.5 Å². The predicted octanol–water partition coefficient (Wildman–Crippen LogP) is 3.49. The van der Waals surface area contributed by atoms with Gasteiger partial charge in [-0.1, -0.05) is 48.3 Å². The van der Waals surface area contributed by atoms with E-state index in [1.54, 1.807) is 0 Å². The normalized spacial score (nSPS) is 23.7. The molecular weight excluding hydrogens is 340 g/mol. The fraction of sp³-hybridized carbons (Fsp3) is 0.591. The molecule has 1 saturated heterocycles. The van der Waals surface area contributed by atoms with E-state index in [0.29, 0.717) is 6.54 Å².